The van der Waals surface area contributed by atoms with Crippen molar-refractivity contribution in [2.45, 2.75) is 105 Å². The zero-order valence-electron chi connectivity index (χ0n) is 35.3. The minimum absolute atomic E-state index is 0.0162. The van der Waals surface area contributed by atoms with Crippen molar-refractivity contribution in [3.05, 3.63) is 126 Å². The number of pyridine rings is 1. The summed E-state index contributed by atoms with van der Waals surface area (Å²) in [5, 5.41) is 0. The van der Waals surface area contributed by atoms with E-state index < -0.39 is 0 Å². The van der Waals surface area contributed by atoms with Crippen LogP contribution < -0.4 is 37.0 Å². The first-order valence-electron chi connectivity index (χ1n) is 20.6. The number of aromatic nitrogens is 1. The van der Waals surface area contributed by atoms with Crippen molar-refractivity contribution in [2.24, 2.45) is 0 Å². The van der Waals surface area contributed by atoms with Gasteiger partial charge in [0.2, 0.25) is 0 Å². The number of hydrogen-bond acceptors (Lipinski definition) is 3. The van der Waals surface area contributed by atoms with E-state index in [-0.39, 0.29) is 35.2 Å². The van der Waals surface area contributed by atoms with E-state index in [1.54, 1.807) is 0 Å². The Labute approximate surface area is 335 Å². The summed E-state index contributed by atoms with van der Waals surface area (Å²) >= 11 is 0. The molecule has 5 aromatic carbocycles. The molecule has 0 atom stereocenters. The molecule has 278 valence electrons. The van der Waals surface area contributed by atoms with E-state index in [1.807, 2.05) is 6.20 Å². The number of hydrogen-bond donors (Lipinski definition) is 0. The SMILES string of the molecule is CC(C)(C)c1ccc(N2c3ccc4c5c3B(c3cccnc32)c2cc(C(C)(C)C)cc3c2N5B(c2cc(C(C)(C)C)ccc2-3)c2cc(C(C)(C)C)ccc2-4)cc1. The Bertz CT molecular complexity index is 2640. The molecule has 0 aliphatic carbocycles. The van der Waals surface area contributed by atoms with Crippen molar-refractivity contribution in [2.75, 3.05) is 9.71 Å². The molecule has 3 nitrogen and oxygen atoms in total. The molecule has 0 saturated carbocycles. The molecule has 0 spiro atoms. The van der Waals surface area contributed by atoms with Crippen LogP contribution in [-0.2, 0) is 21.7 Å². The van der Waals surface area contributed by atoms with E-state index in [0.29, 0.717) is 0 Å². The van der Waals surface area contributed by atoms with Gasteiger partial charge in [0, 0.05) is 40.1 Å². The highest BCUT2D eigenvalue weighted by molar-refractivity contribution is 7.03. The van der Waals surface area contributed by atoms with Crippen molar-refractivity contribution in [3.63, 3.8) is 0 Å². The zero-order chi connectivity index (χ0) is 39.4. The topological polar surface area (TPSA) is 19.4 Å². The van der Waals surface area contributed by atoms with E-state index in [2.05, 4.69) is 190 Å². The fourth-order valence-corrected chi connectivity index (χ4v) is 9.94. The second-order valence-electron chi connectivity index (χ2n) is 21.0. The van der Waals surface area contributed by atoms with Gasteiger partial charge in [-0.05, 0) is 113 Å². The van der Waals surface area contributed by atoms with Gasteiger partial charge in [0.1, 0.15) is 5.82 Å². The third-order valence-corrected chi connectivity index (χ3v) is 13.1. The fourth-order valence-electron chi connectivity index (χ4n) is 9.94. The summed E-state index contributed by atoms with van der Waals surface area (Å²) in [5.74, 6) is 1.02. The Morgan fingerprint density at radius 1 is 0.464 bits per heavy atom. The maximum Gasteiger partial charge on any atom is 0.329 e. The molecule has 4 aliphatic heterocycles. The molecule has 4 aliphatic rings. The van der Waals surface area contributed by atoms with Crippen molar-refractivity contribution in [3.8, 4) is 22.3 Å². The van der Waals surface area contributed by atoms with Gasteiger partial charge in [-0.1, -0.05) is 150 Å². The van der Waals surface area contributed by atoms with E-state index in [1.165, 1.54) is 88.9 Å². The molecule has 0 fully saturated rings. The van der Waals surface area contributed by atoms with Gasteiger partial charge >= 0.3 is 6.85 Å². The first-order valence-corrected chi connectivity index (χ1v) is 20.6. The van der Waals surface area contributed by atoms with Crippen molar-refractivity contribution >= 4 is 69.4 Å². The van der Waals surface area contributed by atoms with Crippen LogP contribution in [0.1, 0.15) is 105 Å². The summed E-state index contributed by atoms with van der Waals surface area (Å²) in [5.41, 5.74) is 22.8. The molecule has 0 bridgehead atoms. The van der Waals surface area contributed by atoms with Gasteiger partial charge in [0.25, 0.3) is 6.71 Å². The highest BCUT2D eigenvalue weighted by Gasteiger charge is 2.52. The monoisotopic (exact) mass is 729 g/mol. The Morgan fingerprint density at radius 3 is 1.59 bits per heavy atom. The molecule has 0 N–H and O–H groups in total. The molecule has 0 radical (unpaired) electrons. The van der Waals surface area contributed by atoms with Crippen LogP contribution in [0.4, 0.5) is 28.6 Å². The average molecular weight is 730 g/mol. The van der Waals surface area contributed by atoms with Gasteiger partial charge in [-0.3, -0.25) is 4.90 Å². The van der Waals surface area contributed by atoms with Gasteiger partial charge in [0.15, 0.2) is 0 Å². The third-order valence-electron chi connectivity index (χ3n) is 13.1. The van der Waals surface area contributed by atoms with Gasteiger partial charge in [0.05, 0.1) is 0 Å². The van der Waals surface area contributed by atoms with Crippen LogP contribution in [0.15, 0.2) is 103 Å². The predicted molar refractivity (Wildman–Crippen MR) is 243 cm³/mol. The Morgan fingerprint density at radius 2 is 1.00 bits per heavy atom. The first kappa shape index (κ1) is 35.4. The maximum atomic E-state index is 5.22. The molecule has 0 amide bonds. The van der Waals surface area contributed by atoms with Gasteiger partial charge < -0.3 is 4.81 Å². The minimum Gasteiger partial charge on any atom is -0.377 e. The predicted octanol–water partition coefficient (Wildman–Crippen LogP) is 9.79. The molecule has 0 saturated heterocycles. The molecule has 5 heterocycles. The van der Waals surface area contributed by atoms with E-state index in [4.69, 9.17) is 4.98 Å². The molecule has 10 rings (SSSR count). The van der Waals surface area contributed by atoms with Crippen LogP contribution in [0, 0.1) is 0 Å². The largest absolute Gasteiger partial charge is 0.377 e. The van der Waals surface area contributed by atoms with Crippen molar-refractivity contribution < 1.29 is 0 Å². The summed E-state index contributed by atoms with van der Waals surface area (Å²) < 4.78 is 0. The lowest BCUT2D eigenvalue weighted by molar-refractivity contribution is 0.590. The van der Waals surface area contributed by atoms with Crippen molar-refractivity contribution in [1.29, 1.82) is 0 Å². The number of rotatable bonds is 1. The Hall–Kier alpha value is -5.02. The summed E-state index contributed by atoms with van der Waals surface area (Å²) in [4.78, 5) is 10.4. The Kier molecular flexibility index (Phi) is 7.15. The summed E-state index contributed by atoms with van der Waals surface area (Å²) in [6.07, 6.45) is 1.97. The second kappa shape index (κ2) is 11.3. The Balaban J connectivity index is 1.36. The molecular weight excluding hydrogens is 676 g/mol. The maximum absolute atomic E-state index is 5.22. The van der Waals surface area contributed by atoms with E-state index >= 15 is 0 Å². The summed E-state index contributed by atoms with van der Waals surface area (Å²) in [6, 6.07) is 38.3. The zero-order valence-corrected chi connectivity index (χ0v) is 35.3. The smallest absolute Gasteiger partial charge is 0.329 e. The number of benzene rings is 5. The van der Waals surface area contributed by atoms with Crippen LogP contribution in [0.2, 0.25) is 0 Å². The third kappa shape index (κ3) is 4.95. The van der Waals surface area contributed by atoms with E-state index in [9.17, 15) is 0 Å². The minimum atomic E-state index is -0.0395. The summed E-state index contributed by atoms with van der Waals surface area (Å²) in [6.45, 7) is 28.1. The molecule has 5 heteroatoms. The molecule has 56 heavy (non-hydrogen) atoms. The lowest BCUT2D eigenvalue weighted by Crippen LogP contribution is -2.69. The van der Waals surface area contributed by atoms with Gasteiger partial charge in [-0.25, -0.2) is 4.98 Å². The average Bonchev–Trinajstić information content (AvgIpc) is 3.14. The van der Waals surface area contributed by atoms with Crippen LogP contribution in [0.25, 0.3) is 22.3 Å². The highest BCUT2D eigenvalue weighted by atomic mass is 15.2. The highest BCUT2D eigenvalue weighted by Crippen LogP contribution is 2.51. The number of nitrogens with zero attached hydrogens (tertiary/aromatic N) is 3. The number of anilines is 5. The standard InChI is InChI=1S/C51H53B2N3/c1-48(2,3)30-15-19-34(20-16-30)55-43-24-23-37-35-21-17-31(49(4,5)6)27-40(35)53-41-28-32(50(7,8)9)18-22-36(41)38-26-33(51(10,11)12)29-42-45(38)56(53)46(37)44(43)52(42)39-14-13-25-54-47(39)55/h13-29H,1-12H3. The van der Waals surface area contributed by atoms with Crippen LogP contribution in [-0.4, -0.2) is 18.5 Å². The number of fused-ring (bicyclic) bond motifs is 9. The van der Waals surface area contributed by atoms with Gasteiger partial charge in [-0.15, -0.1) is 0 Å². The van der Waals surface area contributed by atoms with E-state index in [0.717, 1.165) is 11.5 Å². The van der Waals surface area contributed by atoms with Gasteiger partial charge in [-0.2, -0.15) is 0 Å². The molecular formula is C51H53B2N3. The van der Waals surface area contributed by atoms with Crippen LogP contribution in [0.3, 0.4) is 0 Å². The normalized spacial score (nSPS) is 15.0. The van der Waals surface area contributed by atoms with Crippen LogP contribution >= 0.6 is 0 Å². The quantitative estimate of drug-likeness (QED) is 0.157. The van der Waals surface area contributed by atoms with Crippen LogP contribution in [0.5, 0.6) is 0 Å². The van der Waals surface area contributed by atoms with Crippen molar-refractivity contribution in [1.82, 2.24) is 4.98 Å². The lowest BCUT2D eigenvalue weighted by atomic mass is 9.30. The molecule has 1 aromatic heterocycles. The lowest BCUT2D eigenvalue weighted by Gasteiger charge is -2.52. The summed E-state index contributed by atoms with van der Waals surface area (Å²) in [7, 11) is 0. The second-order valence-corrected chi connectivity index (χ2v) is 21.0. The molecule has 6 aromatic rings. The first-order chi connectivity index (χ1) is 26.3. The fraction of sp³-hybridized carbons (Fsp3) is 0.314. The molecule has 0 unspecified atom stereocenters.